The van der Waals surface area contributed by atoms with E-state index >= 15 is 0 Å². The first-order valence-corrected chi connectivity index (χ1v) is 8.13. The smallest absolute Gasteiger partial charge is 0.0948 e. The summed E-state index contributed by atoms with van der Waals surface area (Å²) in [7, 11) is 0. The van der Waals surface area contributed by atoms with E-state index in [4.69, 9.17) is 11.6 Å². The third kappa shape index (κ3) is 3.14. The lowest BCUT2D eigenvalue weighted by Gasteiger charge is -2.33. The molecule has 0 amide bonds. The van der Waals surface area contributed by atoms with Crippen molar-refractivity contribution in [2.75, 3.05) is 13.1 Å². The summed E-state index contributed by atoms with van der Waals surface area (Å²) in [5.41, 5.74) is 2.69. The third-order valence-electron chi connectivity index (χ3n) is 4.35. The lowest BCUT2D eigenvalue weighted by Crippen LogP contribution is -2.34. The molecule has 4 heteroatoms. The molecule has 21 heavy (non-hydrogen) atoms. The number of hydrogen-bond acceptors (Lipinski definition) is 2. The molecule has 1 aromatic carbocycles. The molecule has 0 aliphatic carbocycles. The Balaban J connectivity index is 1.92. The molecule has 2 heterocycles. The van der Waals surface area contributed by atoms with Crippen LogP contribution in [0.2, 0.25) is 5.02 Å². The fourth-order valence-corrected chi connectivity index (χ4v) is 3.57. The number of imidazole rings is 1. The molecule has 3 nitrogen and oxygen atoms in total. The minimum absolute atomic E-state index is 0.463. The predicted molar refractivity (Wildman–Crippen MR) is 86.9 cm³/mol. The van der Waals surface area contributed by atoms with E-state index < -0.39 is 0 Å². The Bertz CT molecular complexity index is 593. The van der Waals surface area contributed by atoms with Crippen molar-refractivity contribution in [2.45, 2.75) is 38.1 Å². The van der Waals surface area contributed by atoms with E-state index in [0.29, 0.717) is 11.8 Å². The highest BCUT2D eigenvalue weighted by atomic mass is 35.5. The Morgan fingerprint density at radius 2 is 2.29 bits per heavy atom. The standard InChI is InChI=1S/C17H22ClN3/c1-2-8-21-12-20-11-17(21)15-6-7-19-10-16(15)13-4-3-5-14(18)9-13/h3-5,9,11-12,15-16,19H,2,6-8,10H2,1H3. The molecular weight excluding hydrogens is 282 g/mol. The van der Waals surface area contributed by atoms with Gasteiger partial charge in [-0.2, -0.15) is 0 Å². The number of nitrogens with zero attached hydrogens (tertiary/aromatic N) is 2. The SMILES string of the molecule is CCCn1cncc1C1CCNCC1c1cccc(Cl)c1. The molecule has 3 rings (SSSR count). The van der Waals surface area contributed by atoms with Gasteiger partial charge in [-0.25, -0.2) is 4.98 Å². The summed E-state index contributed by atoms with van der Waals surface area (Å²) < 4.78 is 2.31. The number of benzene rings is 1. The van der Waals surface area contributed by atoms with E-state index in [2.05, 4.69) is 33.9 Å². The number of halogens is 1. The second kappa shape index (κ2) is 6.63. The van der Waals surface area contributed by atoms with Gasteiger partial charge >= 0.3 is 0 Å². The van der Waals surface area contributed by atoms with Crippen LogP contribution in [0.5, 0.6) is 0 Å². The largest absolute Gasteiger partial charge is 0.334 e. The summed E-state index contributed by atoms with van der Waals surface area (Å²) in [6.45, 7) is 5.32. The normalized spacial score (nSPS) is 22.4. The van der Waals surface area contributed by atoms with Crippen LogP contribution < -0.4 is 5.32 Å². The average molecular weight is 304 g/mol. The minimum Gasteiger partial charge on any atom is -0.334 e. The molecule has 0 spiro atoms. The molecule has 1 aliphatic heterocycles. The minimum atomic E-state index is 0.463. The maximum absolute atomic E-state index is 6.18. The molecule has 0 bridgehead atoms. The molecule has 2 unspecified atom stereocenters. The Morgan fingerprint density at radius 3 is 3.10 bits per heavy atom. The molecule has 1 saturated heterocycles. The number of aryl methyl sites for hydroxylation is 1. The highest BCUT2D eigenvalue weighted by Gasteiger charge is 2.29. The van der Waals surface area contributed by atoms with Crippen LogP contribution in [0.3, 0.4) is 0 Å². The fraction of sp³-hybridized carbons (Fsp3) is 0.471. The first-order valence-electron chi connectivity index (χ1n) is 7.75. The molecule has 2 aromatic rings. The van der Waals surface area contributed by atoms with Gasteiger partial charge < -0.3 is 9.88 Å². The van der Waals surface area contributed by atoms with Crippen LogP contribution in [-0.2, 0) is 6.54 Å². The molecule has 1 N–H and O–H groups in total. The molecular formula is C17H22ClN3. The van der Waals surface area contributed by atoms with Gasteiger partial charge in [0.25, 0.3) is 0 Å². The average Bonchev–Trinajstić information content (AvgIpc) is 2.96. The first-order chi connectivity index (χ1) is 10.3. The monoisotopic (exact) mass is 303 g/mol. The van der Waals surface area contributed by atoms with Gasteiger partial charge in [-0.3, -0.25) is 0 Å². The maximum atomic E-state index is 6.18. The molecule has 0 saturated carbocycles. The second-order valence-corrected chi connectivity index (χ2v) is 6.21. The van der Waals surface area contributed by atoms with Gasteiger partial charge in [0.2, 0.25) is 0 Å². The molecule has 1 aromatic heterocycles. The van der Waals surface area contributed by atoms with Crippen LogP contribution in [0.25, 0.3) is 0 Å². The zero-order valence-corrected chi connectivity index (χ0v) is 13.2. The lowest BCUT2D eigenvalue weighted by molar-refractivity contribution is 0.387. The van der Waals surface area contributed by atoms with Gasteiger partial charge in [-0.05, 0) is 37.1 Å². The summed E-state index contributed by atoms with van der Waals surface area (Å²) in [6, 6.07) is 8.29. The van der Waals surface area contributed by atoms with Crippen LogP contribution in [0.15, 0.2) is 36.8 Å². The van der Waals surface area contributed by atoms with E-state index in [1.54, 1.807) is 0 Å². The quantitative estimate of drug-likeness (QED) is 0.931. The van der Waals surface area contributed by atoms with Crippen molar-refractivity contribution in [1.82, 2.24) is 14.9 Å². The van der Waals surface area contributed by atoms with Gasteiger partial charge in [-0.1, -0.05) is 30.7 Å². The van der Waals surface area contributed by atoms with Gasteiger partial charge in [-0.15, -0.1) is 0 Å². The molecule has 112 valence electrons. The number of hydrogen-bond donors (Lipinski definition) is 1. The highest BCUT2D eigenvalue weighted by molar-refractivity contribution is 6.30. The molecule has 1 fully saturated rings. The van der Waals surface area contributed by atoms with Crippen molar-refractivity contribution in [3.63, 3.8) is 0 Å². The first kappa shape index (κ1) is 14.6. The number of aromatic nitrogens is 2. The van der Waals surface area contributed by atoms with Gasteiger partial charge in [0, 0.05) is 41.8 Å². The number of nitrogens with one attached hydrogen (secondary N) is 1. The van der Waals surface area contributed by atoms with Crippen molar-refractivity contribution < 1.29 is 0 Å². The lowest BCUT2D eigenvalue weighted by atomic mass is 9.79. The highest BCUT2D eigenvalue weighted by Crippen LogP contribution is 2.37. The zero-order chi connectivity index (χ0) is 14.7. The summed E-state index contributed by atoms with van der Waals surface area (Å²) in [6.07, 6.45) is 6.29. The van der Waals surface area contributed by atoms with Crippen molar-refractivity contribution in [1.29, 1.82) is 0 Å². The van der Waals surface area contributed by atoms with Crippen LogP contribution in [0.4, 0.5) is 0 Å². The van der Waals surface area contributed by atoms with Crippen LogP contribution in [-0.4, -0.2) is 22.6 Å². The van der Waals surface area contributed by atoms with Crippen LogP contribution in [0, 0.1) is 0 Å². The summed E-state index contributed by atoms with van der Waals surface area (Å²) in [5.74, 6) is 0.975. The molecule has 1 aliphatic rings. The van der Waals surface area contributed by atoms with Crippen molar-refractivity contribution in [2.24, 2.45) is 0 Å². The van der Waals surface area contributed by atoms with E-state index in [1.165, 1.54) is 11.3 Å². The summed E-state index contributed by atoms with van der Waals surface area (Å²) in [4.78, 5) is 4.38. The van der Waals surface area contributed by atoms with Crippen molar-refractivity contribution in [3.05, 3.63) is 53.1 Å². The van der Waals surface area contributed by atoms with Crippen molar-refractivity contribution in [3.8, 4) is 0 Å². The van der Waals surface area contributed by atoms with E-state index in [9.17, 15) is 0 Å². The fourth-order valence-electron chi connectivity index (χ4n) is 3.37. The Hall–Kier alpha value is -1.32. The van der Waals surface area contributed by atoms with E-state index in [0.717, 1.165) is 37.5 Å². The summed E-state index contributed by atoms with van der Waals surface area (Å²) in [5, 5.41) is 4.34. The molecule has 2 atom stereocenters. The van der Waals surface area contributed by atoms with Crippen molar-refractivity contribution >= 4 is 11.6 Å². The Kier molecular flexibility index (Phi) is 4.61. The Morgan fingerprint density at radius 1 is 1.38 bits per heavy atom. The number of rotatable bonds is 4. The van der Waals surface area contributed by atoms with Gasteiger partial charge in [0.15, 0.2) is 0 Å². The molecule has 0 radical (unpaired) electrons. The van der Waals surface area contributed by atoms with E-state index in [-0.39, 0.29) is 0 Å². The second-order valence-electron chi connectivity index (χ2n) is 5.77. The third-order valence-corrected chi connectivity index (χ3v) is 4.58. The van der Waals surface area contributed by atoms with Gasteiger partial charge in [0.1, 0.15) is 0 Å². The zero-order valence-electron chi connectivity index (χ0n) is 12.4. The van der Waals surface area contributed by atoms with Crippen LogP contribution in [0.1, 0.15) is 42.9 Å². The van der Waals surface area contributed by atoms with Crippen LogP contribution >= 0.6 is 11.6 Å². The topological polar surface area (TPSA) is 29.9 Å². The predicted octanol–water partition coefficient (Wildman–Crippen LogP) is 3.81. The summed E-state index contributed by atoms with van der Waals surface area (Å²) >= 11 is 6.18. The maximum Gasteiger partial charge on any atom is 0.0948 e. The van der Waals surface area contributed by atoms with Gasteiger partial charge in [0.05, 0.1) is 6.33 Å². The Labute approximate surface area is 131 Å². The number of piperidine rings is 1. The van der Waals surface area contributed by atoms with E-state index in [1.807, 2.05) is 24.7 Å².